The highest BCUT2D eigenvalue weighted by atomic mass is 15.3. The molecular formula is C19H26N4. The smallest absolute Gasteiger partial charge is 0.0690 e. The number of hydrogen-bond donors (Lipinski definition) is 1. The molecule has 122 valence electrons. The van der Waals surface area contributed by atoms with Crippen LogP contribution in [-0.4, -0.2) is 39.9 Å². The van der Waals surface area contributed by atoms with Crippen LogP contribution in [0.4, 0.5) is 0 Å². The summed E-state index contributed by atoms with van der Waals surface area (Å²) in [5.74, 6) is 0. The minimum absolute atomic E-state index is 0.654. The maximum Gasteiger partial charge on any atom is 0.0690 e. The van der Waals surface area contributed by atoms with Crippen molar-refractivity contribution < 1.29 is 0 Å². The number of hydrogen-bond acceptors (Lipinski definition) is 3. The highest BCUT2D eigenvalue weighted by molar-refractivity contribution is 5.40. The van der Waals surface area contributed by atoms with E-state index >= 15 is 0 Å². The fraction of sp³-hybridized carbons (Fsp3) is 0.526. The maximum absolute atomic E-state index is 4.56. The van der Waals surface area contributed by atoms with E-state index in [2.05, 4.69) is 45.6 Å². The number of aromatic nitrogens is 2. The molecule has 2 aromatic rings. The van der Waals surface area contributed by atoms with Gasteiger partial charge >= 0.3 is 0 Å². The average molecular weight is 310 g/mol. The third-order valence-electron chi connectivity index (χ3n) is 5.36. The first-order valence-electron chi connectivity index (χ1n) is 8.87. The molecule has 3 heterocycles. The van der Waals surface area contributed by atoms with Gasteiger partial charge in [0.05, 0.1) is 11.4 Å². The molecule has 2 saturated heterocycles. The Morgan fingerprint density at radius 2 is 2.09 bits per heavy atom. The third kappa shape index (κ3) is 3.19. The molecule has 2 aliphatic rings. The predicted octanol–water partition coefficient (Wildman–Crippen LogP) is 2.90. The van der Waals surface area contributed by atoms with Crippen molar-refractivity contribution in [2.75, 3.05) is 13.1 Å². The van der Waals surface area contributed by atoms with E-state index in [4.69, 9.17) is 0 Å². The maximum atomic E-state index is 4.56. The zero-order chi connectivity index (χ0) is 15.6. The largest absolute Gasteiger partial charge is 0.310 e. The van der Waals surface area contributed by atoms with E-state index in [-0.39, 0.29) is 0 Å². The zero-order valence-electron chi connectivity index (χ0n) is 13.9. The van der Waals surface area contributed by atoms with Gasteiger partial charge in [-0.15, -0.1) is 0 Å². The number of nitrogens with zero attached hydrogens (tertiary/aromatic N) is 3. The van der Waals surface area contributed by atoms with Crippen molar-refractivity contribution in [3.63, 3.8) is 0 Å². The highest BCUT2D eigenvalue weighted by Gasteiger charge is 2.31. The summed E-state index contributed by atoms with van der Waals surface area (Å²) in [5.41, 5.74) is 3.57. The molecule has 0 bridgehead atoms. The van der Waals surface area contributed by atoms with Gasteiger partial charge in [0, 0.05) is 24.8 Å². The summed E-state index contributed by atoms with van der Waals surface area (Å²) in [6.45, 7) is 5.54. The van der Waals surface area contributed by atoms with Gasteiger partial charge in [0.25, 0.3) is 0 Å². The number of piperidine rings is 1. The molecule has 0 saturated carbocycles. The monoisotopic (exact) mass is 310 g/mol. The van der Waals surface area contributed by atoms with E-state index in [1.807, 2.05) is 17.8 Å². The standard InChI is InChI=1S/C19H26N4/c1-15-8-12-23(21-15)19-7-3-2-5-16(19)14-20-17-9-11-22-10-4-6-18(22)13-17/h2-3,5,7-8,12,17-18,20H,4,6,9-11,13-14H2,1H3/t17-,18+/m0/s1. The van der Waals surface area contributed by atoms with Gasteiger partial charge in [-0.25, -0.2) is 4.68 Å². The van der Waals surface area contributed by atoms with E-state index < -0.39 is 0 Å². The van der Waals surface area contributed by atoms with Crippen molar-refractivity contribution >= 4 is 0 Å². The molecule has 1 aromatic heterocycles. The highest BCUT2D eigenvalue weighted by Crippen LogP contribution is 2.27. The van der Waals surface area contributed by atoms with Crippen LogP contribution in [0.3, 0.4) is 0 Å². The second-order valence-electron chi connectivity index (χ2n) is 6.96. The van der Waals surface area contributed by atoms with E-state index in [9.17, 15) is 0 Å². The van der Waals surface area contributed by atoms with E-state index in [0.29, 0.717) is 6.04 Å². The number of fused-ring (bicyclic) bond motifs is 1. The van der Waals surface area contributed by atoms with Crippen LogP contribution >= 0.6 is 0 Å². The van der Waals surface area contributed by atoms with Crippen molar-refractivity contribution in [2.24, 2.45) is 0 Å². The van der Waals surface area contributed by atoms with Gasteiger partial charge in [-0.1, -0.05) is 18.2 Å². The van der Waals surface area contributed by atoms with Crippen LogP contribution in [0.1, 0.15) is 36.9 Å². The minimum Gasteiger partial charge on any atom is -0.310 e. The first-order valence-corrected chi connectivity index (χ1v) is 8.87. The van der Waals surface area contributed by atoms with Crippen LogP contribution in [0.5, 0.6) is 0 Å². The molecule has 2 aliphatic heterocycles. The summed E-state index contributed by atoms with van der Waals surface area (Å²) in [7, 11) is 0. The van der Waals surface area contributed by atoms with Gasteiger partial charge in [-0.05, 0) is 63.4 Å². The summed E-state index contributed by atoms with van der Waals surface area (Å²) in [4.78, 5) is 2.68. The van der Waals surface area contributed by atoms with Gasteiger partial charge < -0.3 is 10.2 Å². The summed E-state index contributed by atoms with van der Waals surface area (Å²) in [5, 5.41) is 8.36. The summed E-state index contributed by atoms with van der Waals surface area (Å²) in [6.07, 6.45) is 7.41. The Labute approximate surface area is 138 Å². The lowest BCUT2D eigenvalue weighted by Crippen LogP contribution is -2.45. The Balaban J connectivity index is 1.43. The van der Waals surface area contributed by atoms with Crippen molar-refractivity contribution in [3.05, 3.63) is 47.8 Å². The fourth-order valence-electron chi connectivity index (χ4n) is 4.10. The Morgan fingerprint density at radius 3 is 2.96 bits per heavy atom. The fourth-order valence-corrected chi connectivity index (χ4v) is 4.10. The molecule has 0 amide bonds. The topological polar surface area (TPSA) is 33.1 Å². The second-order valence-corrected chi connectivity index (χ2v) is 6.96. The molecule has 4 nitrogen and oxygen atoms in total. The van der Waals surface area contributed by atoms with Crippen molar-refractivity contribution in [1.29, 1.82) is 0 Å². The molecule has 2 fully saturated rings. The van der Waals surface area contributed by atoms with Crippen molar-refractivity contribution in [1.82, 2.24) is 20.0 Å². The van der Waals surface area contributed by atoms with Gasteiger partial charge in [0.15, 0.2) is 0 Å². The average Bonchev–Trinajstić information content (AvgIpc) is 3.21. The molecule has 1 aromatic carbocycles. The zero-order valence-corrected chi connectivity index (χ0v) is 13.9. The van der Waals surface area contributed by atoms with E-state index in [0.717, 1.165) is 18.3 Å². The molecule has 0 aliphatic carbocycles. The lowest BCUT2D eigenvalue weighted by Gasteiger charge is -2.35. The first-order chi connectivity index (χ1) is 11.3. The Kier molecular flexibility index (Phi) is 4.19. The van der Waals surface area contributed by atoms with Gasteiger partial charge in [-0.2, -0.15) is 5.10 Å². The number of aryl methyl sites for hydroxylation is 1. The first kappa shape index (κ1) is 14.9. The van der Waals surface area contributed by atoms with E-state index in [1.54, 1.807) is 0 Å². The van der Waals surface area contributed by atoms with Crippen molar-refractivity contribution in [2.45, 2.75) is 51.2 Å². The molecule has 0 spiro atoms. The molecule has 23 heavy (non-hydrogen) atoms. The molecule has 4 rings (SSSR count). The molecule has 0 radical (unpaired) electrons. The predicted molar refractivity (Wildman–Crippen MR) is 92.8 cm³/mol. The van der Waals surface area contributed by atoms with Gasteiger partial charge in [-0.3, -0.25) is 0 Å². The number of nitrogens with one attached hydrogen (secondary N) is 1. The second kappa shape index (κ2) is 6.46. The molecule has 1 N–H and O–H groups in total. The molecule has 4 heteroatoms. The van der Waals surface area contributed by atoms with Crippen LogP contribution in [0.2, 0.25) is 0 Å². The lowest BCUT2D eigenvalue weighted by molar-refractivity contribution is 0.166. The molecule has 0 unspecified atom stereocenters. The van der Waals surface area contributed by atoms with Crippen LogP contribution < -0.4 is 5.32 Å². The normalized spacial score (nSPS) is 24.7. The Morgan fingerprint density at radius 1 is 1.17 bits per heavy atom. The van der Waals surface area contributed by atoms with Crippen molar-refractivity contribution in [3.8, 4) is 5.69 Å². The van der Waals surface area contributed by atoms with Gasteiger partial charge in [0.2, 0.25) is 0 Å². The van der Waals surface area contributed by atoms with Crippen LogP contribution in [0.15, 0.2) is 36.5 Å². The summed E-state index contributed by atoms with van der Waals surface area (Å²) < 4.78 is 1.99. The van der Waals surface area contributed by atoms with Crippen LogP contribution in [0.25, 0.3) is 5.69 Å². The van der Waals surface area contributed by atoms with E-state index in [1.165, 1.54) is 50.0 Å². The van der Waals surface area contributed by atoms with Crippen LogP contribution in [-0.2, 0) is 6.54 Å². The Bertz CT molecular complexity index is 663. The number of para-hydroxylation sites is 1. The number of benzene rings is 1. The number of rotatable bonds is 4. The molecule has 2 atom stereocenters. The van der Waals surface area contributed by atoms with Crippen LogP contribution in [0, 0.1) is 6.92 Å². The van der Waals surface area contributed by atoms with Gasteiger partial charge in [0.1, 0.15) is 0 Å². The minimum atomic E-state index is 0.654. The third-order valence-corrected chi connectivity index (χ3v) is 5.36. The summed E-state index contributed by atoms with van der Waals surface area (Å²) in [6, 6.07) is 12.1. The lowest BCUT2D eigenvalue weighted by atomic mass is 9.97. The quantitative estimate of drug-likeness (QED) is 0.942. The Hall–Kier alpha value is -1.65. The molecular weight excluding hydrogens is 284 g/mol. The SMILES string of the molecule is Cc1ccn(-c2ccccc2CN[C@H]2CCN3CCC[C@@H]3C2)n1. The summed E-state index contributed by atoms with van der Waals surface area (Å²) >= 11 is 0.